The minimum Gasteiger partial charge on any atom is -0.381 e. The van der Waals surface area contributed by atoms with Crippen LogP contribution in [0.1, 0.15) is 32.3 Å². The van der Waals surface area contributed by atoms with Crippen LogP contribution < -0.4 is 11.1 Å². The van der Waals surface area contributed by atoms with Crippen LogP contribution in [0, 0.1) is 5.41 Å². The minimum absolute atomic E-state index is 0.0263. The van der Waals surface area contributed by atoms with Crippen LogP contribution in [0.4, 0.5) is 0 Å². The van der Waals surface area contributed by atoms with Crippen LogP contribution in [0.15, 0.2) is 24.3 Å². The van der Waals surface area contributed by atoms with Crippen LogP contribution >= 0.6 is 11.6 Å². The molecule has 22 heavy (non-hydrogen) atoms. The average Bonchev–Trinajstić information content (AvgIpc) is 2.53. The molecule has 2 rings (SSSR count). The first-order valence-electron chi connectivity index (χ1n) is 7.72. The van der Waals surface area contributed by atoms with Crippen LogP contribution in [0.2, 0.25) is 5.02 Å². The van der Waals surface area contributed by atoms with Gasteiger partial charge in [-0.15, -0.1) is 0 Å². The predicted molar refractivity (Wildman–Crippen MR) is 89.0 cm³/mol. The lowest BCUT2D eigenvalue weighted by atomic mass is 9.78. The standard InChI is InChI=1S/C17H25ClN2O2/c1-16(2,13-5-3-4-6-14(13)18)12-20-15(21)17(11-19)7-9-22-10-8-17/h3-6H,7-12,19H2,1-2H3,(H,20,21). The Hall–Kier alpha value is -1.10. The molecule has 1 aliphatic heterocycles. The molecule has 1 aromatic rings. The summed E-state index contributed by atoms with van der Waals surface area (Å²) in [4.78, 5) is 12.6. The van der Waals surface area contributed by atoms with Crippen molar-refractivity contribution in [2.24, 2.45) is 11.1 Å². The molecule has 0 atom stereocenters. The van der Waals surface area contributed by atoms with Gasteiger partial charge < -0.3 is 15.8 Å². The van der Waals surface area contributed by atoms with E-state index in [1.54, 1.807) is 0 Å². The van der Waals surface area contributed by atoms with E-state index in [0.29, 0.717) is 39.1 Å². The molecule has 1 saturated heterocycles. The van der Waals surface area contributed by atoms with Crippen molar-refractivity contribution in [1.29, 1.82) is 0 Å². The molecule has 0 unspecified atom stereocenters. The van der Waals surface area contributed by atoms with E-state index in [1.165, 1.54) is 0 Å². The van der Waals surface area contributed by atoms with Crippen molar-refractivity contribution in [3.05, 3.63) is 34.9 Å². The molecule has 4 nitrogen and oxygen atoms in total. The summed E-state index contributed by atoms with van der Waals surface area (Å²) in [5.74, 6) is 0.0263. The second kappa shape index (κ2) is 6.99. The van der Waals surface area contributed by atoms with E-state index in [1.807, 2.05) is 24.3 Å². The fraction of sp³-hybridized carbons (Fsp3) is 0.588. The summed E-state index contributed by atoms with van der Waals surface area (Å²) in [7, 11) is 0. The van der Waals surface area contributed by atoms with Crippen LogP contribution in [0.5, 0.6) is 0 Å². The van der Waals surface area contributed by atoms with Crippen molar-refractivity contribution < 1.29 is 9.53 Å². The van der Waals surface area contributed by atoms with Gasteiger partial charge >= 0.3 is 0 Å². The molecule has 3 N–H and O–H groups in total. The number of nitrogens with two attached hydrogens (primary N) is 1. The third-order valence-electron chi connectivity index (χ3n) is 4.62. The second-order valence-electron chi connectivity index (χ2n) is 6.64. The molecule has 122 valence electrons. The zero-order valence-electron chi connectivity index (χ0n) is 13.3. The highest BCUT2D eigenvalue weighted by Crippen LogP contribution is 2.32. The van der Waals surface area contributed by atoms with E-state index in [9.17, 15) is 4.79 Å². The van der Waals surface area contributed by atoms with Gasteiger partial charge in [0.15, 0.2) is 0 Å². The smallest absolute Gasteiger partial charge is 0.227 e. The van der Waals surface area contributed by atoms with Gasteiger partial charge in [-0.25, -0.2) is 0 Å². The summed E-state index contributed by atoms with van der Waals surface area (Å²) in [5.41, 5.74) is 6.18. The molecule has 1 amide bonds. The Balaban J connectivity index is 2.05. The summed E-state index contributed by atoms with van der Waals surface area (Å²) in [6.45, 7) is 6.23. The summed E-state index contributed by atoms with van der Waals surface area (Å²) >= 11 is 6.28. The van der Waals surface area contributed by atoms with Gasteiger partial charge in [-0.3, -0.25) is 4.79 Å². The van der Waals surface area contributed by atoms with E-state index >= 15 is 0 Å². The molecule has 0 saturated carbocycles. The van der Waals surface area contributed by atoms with Gasteiger partial charge in [-0.1, -0.05) is 43.6 Å². The third-order valence-corrected chi connectivity index (χ3v) is 4.95. The quantitative estimate of drug-likeness (QED) is 0.874. The number of nitrogens with one attached hydrogen (secondary N) is 1. The molecule has 0 aromatic heterocycles. The average molecular weight is 325 g/mol. The van der Waals surface area contributed by atoms with Gasteiger partial charge in [-0.05, 0) is 24.5 Å². The van der Waals surface area contributed by atoms with E-state index in [4.69, 9.17) is 22.1 Å². The topological polar surface area (TPSA) is 64.4 Å². The Labute approximate surface area is 137 Å². The van der Waals surface area contributed by atoms with Crippen molar-refractivity contribution in [1.82, 2.24) is 5.32 Å². The maximum absolute atomic E-state index is 12.6. The summed E-state index contributed by atoms with van der Waals surface area (Å²) < 4.78 is 5.35. The number of halogens is 1. The highest BCUT2D eigenvalue weighted by Gasteiger charge is 2.39. The monoisotopic (exact) mass is 324 g/mol. The fourth-order valence-corrected chi connectivity index (χ4v) is 3.27. The number of rotatable bonds is 5. The molecule has 1 aromatic carbocycles. The van der Waals surface area contributed by atoms with Gasteiger partial charge in [0.2, 0.25) is 5.91 Å². The van der Waals surface area contributed by atoms with E-state index in [2.05, 4.69) is 19.2 Å². The predicted octanol–water partition coefficient (Wildman–Crippen LogP) is 2.49. The number of carbonyl (C=O) groups excluding carboxylic acids is 1. The molecule has 5 heteroatoms. The maximum atomic E-state index is 12.6. The molecule has 0 radical (unpaired) electrons. The Bertz CT molecular complexity index is 525. The lowest BCUT2D eigenvalue weighted by Crippen LogP contribution is -2.51. The number of ether oxygens (including phenoxy) is 1. The maximum Gasteiger partial charge on any atom is 0.227 e. The Morgan fingerprint density at radius 1 is 1.36 bits per heavy atom. The van der Waals surface area contributed by atoms with Gasteiger partial charge in [0.05, 0.1) is 5.41 Å². The molecule has 1 heterocycles. The van der Waals surface area contributed by atoms with E-state index < -0.39 is 5.41 Å². The second-order valence-corrected chi connectivity index (χ2v) is 7.05. The highest BCUT2D eigenvalue weighted by atomic mass is 35.5. The minimum atomic E-state index is -0.491. The first kappa shape index (κ1) is 17.3. The van der Waals surface area contributed by atoms with Crippen LogP contribution in [-0.2, 0) is 14.9 Å². The lowest BCUT2D eigenvalue weighted by Gasteiger charge is -2.36. The number of carbonyl (C=O) groups is 1. The molecule has 1 aliphatic rings. The molecule has 1 fully saturated rings. The highest BCUT2D eigenvalue weighted by molar-refractivity contribution is 6.31. The summed E-state index contributed by atoms with van der Waals surface area (Å²) in [6, 6.07) is 7.75. The number of benzene rings is 1. The van der Waals surface area contributed by atoms with Crippen LogP contribution in [0.3, 0.4) is 0 Å². The summed E-state index contributed by atoms with van der Waals surface area (Å²) in [6.07, 6.45) is 1.36. The van der Waals surface area contributed by atoms with Gasteiger partial charge in [0, 0.05) is 36.7 Å². The van der Waals surface area contributed by atoms with Crippen molar-refractivity contribution in [2.45, 2.75) is 32.1 Å². The number of amides is 1. The van der Waals surface area contributed by atoms with Crippen molar-refractivity contribution >= 4 is 17.5 Å². The zero-order valence-corrected chi connectivity index (χ0v) is 14.1. The lowest BCUT2D eigenvalue weighted by molar-refractivity contribution is -0.136. The zero-order chi connectivity index (χ0) is 16.2. The largest absolute Gasteiger partial charge is 0.381 e. The van der Waals surface area contributed by atoms with Crippen LogP contribution in [0.25, 0.3) is 0 Å². The summed E-state index contributed by atoms with van der Waals surface area (Å²) in [5, 5.41) is 3.80. The number of hydrogen-bond donors (Lipinski definition) is 2. The van der Waals surface area contributed by atoms with Crippen molar-refractivity contribution in [2.75, 3.05) is 26.3 Å². The van der Waals surface area contributed by atoms with Gasteiger partial charge in [0.1, 0.15) is 0 Å². The SMILES string of the molecule is CC(C)(CNC(=O)C1(CN)CCOCC1)c1ccccc1Cl. The first-order valence-corrected chi connectivity index (χ1v) is 8.10. The fourth-order valence-electron chi connectivity index (χ4n) is 2.88. The molecule has 0 bridgehead atoms. The molecular formula is C17H25ClN2O2. The Morgan fingerprint density at radius 2 is 2.00 bits per heavy atom. The van der Waals surface area contributed by atoms with E-state index in [0.717, 1.165) is 10.6 Å². The molecule has 0 aliphatic carbocycles. The third kappa shape index (κ3) is 3.62. The normalized spacial score (nSPS) is 18.0. The first-order chi connectivity index (χ1) is 10.4. The Kier molecular flexibility index (Phi) is 5.48. The van der Waals surface area contributed by atoms with Gasteiger partial charge in [-0.2, -0.15) is 0 Å². The van der Waals surface area contributed by atoms with Crippen molar-refractivity contribution in [3.63, 3.8) is 0 Å². The van der Waals surface area contributed by atoms with Crippen molar-refractivity contribution in [3.8, 4) is 0 Å². The Morgan fingerprint density at radius 3 is 2.59 bits per heavy atom. The van der Waals surface area contributed by atoms with Gasteiger partial charge in [0.25, 0.3) is 0 Å². The van der Waals surface area contributed by atoms with E-state index in [-0.39, 0.29) is 11.3 Å². The van der Waals surface area contributed by atoms with Crippen LogP contribution in [-0.4, -0.2) is 32.2 Å². The molecular weight excluding hydrogens is 300 g/mol. The number of hydrogen-bond acceptors (Lipinski definition) is 3. The molecule has 0 spiro atoms.